The first-order chi connectivity index (χ1) is 14.0. The van der Waals surface area contributed by atoms with E-state index in [1.54, 1.807) is 18.5 Å². The Morgan fingerprint density at radius 3 is 2.86 bits per heavy atom. The van der Waals surface area contributed by atoms with Gasteiger partial charge in [0, 0.05) is 38.3 Å². The lowest BCUT2D eigenvalue weighted by molar-refractivity contribution is -0.120. The highest BCUT2D eigenvalue weighted by Gasteiger charge is 2.21. The molecule has 1 saturated heterocycles. The third-order valence-electron chi connectivity index (χ3n) is 4.49. The van der Waals surface area contributed by atoms with Crippen molar-refractivity contribution >= 4 is 35.1 Å². The summed E-state index contributed by atoms with van der Waals surface area (Å²) >= 11 is 6.31. The van der Waals surface area contributed by atoms with E-state index in [1.807, 2.05) is 0 Å². The largest absolute Gasteiger partial charge is 0.367 e. The molecule has 0 spiro atoms. The van der Waals surface area contributed by atoms with E-state index in [4.69, 9.17) is 11.6 Å². The average Bonchev–Trinajstić information content (AvgIpc) is 2.73. The minimum absolute atomic E-state index is 0.0579. The molecule has 2 amide bonds. The molecule has 1 aliphatic heterocycles. The second kappa shape index (κ2) is 10.1. The molecule has 0 aromatic carbocycles. The summed E-state index contributed by atoms with van der Waals surface area (Å²) < 4.78 is 0. The van der Waals surface area contributed by atoms with Crippen molar-refractivity contribution < 1.29 is 9.59 Å². The summed E-state index contributed by atoms with van der Waals surface area (Å²) in [6.07, 6.45) is 6.51. The monoisotopic (exact) mass is 417 g/mol. The number of anilines is 2. The van der Waals surface area contributed by atoms with E-state index in [0.29, 0.717) is 47.6 Å². The molecule has 2 aromatic heterocycles. The Morgan fingerprint density at radius 2 is 2.10 bits per heavy atom. The molecule has 1 fully saturated rings. The van der Waals surface area contributed by atoms with Crippen LogP contribution in [0.25, 0.3) is 11.3 Å². The molecule has 10 heteroatoms. The first kappa shape index (κ1) is 20.9. The van der Waals surface area contributed by atoms with Crippen LogP contribution in [0.2, 0.25) is 5.02 Å². The van der Waals surface area contributed by atoms with E-state index in [2.05, 4.69) is 36.2 Å². The van der Waals surface area contributed by atoms with Gasteiger partial charge in [-0.1, -0.05) is 11.6 Å². The molecular formula is C19H24ClN7O2. The Labute approximate surface area is 174 Å². The van der Waals surface area contributed by atoms with E-state index in [0.717, 1.165) is 19.4 Å². The molecule has 3 heterocycles. The molecule has 154 valence electrons. The highest BCUT2D eigenvalue weighted by molar-refractivity contribution is 6.33. The van der Waals surface area contributed by atoms with Gasteiger partial charge in [-0.25, -0.2) is 9.97 Å². The SMILES string of the molecule is CC(=O)NCCNc1cncc(-c2cc(NC(=O)C3CCCNC3)ncc2Cl)n1. The average molecular weight is 418 g/mol. The lowest BCUT2D eigenvalue weighted by Gasteiger charge is -2.21. The van der Waals surface area contributed by atoms with Gasteiger partial charge in [0.25, 0.3) is 0 Å². The third-order valence-corrected chi connectivity index (χ3v) is 4.79. The number of rotatable bonds is 7. The number of amides is 2. The molecule has 1 aliphatic rings. The smallest absolute Gasteiger partial charge is 0.229 e. The Bertz CT molecular complexity index is 871. The second-order valence-corrected chi connectivity index (χ2v) is 7.19. The van der Waals surface area contributed by atoms with E-state index in [1.165, 1.54) is 13.1 Å². The summed E-state index contributed by atoms with van der Waals surface area (Å²) in [5.41, 5.74) is 1.17. The lowest BCUT2D eigenvalue weighted by atomic mass is 9.99. The molecule has 0 bridgehead atoms. The van der Waals surface area contributed by atoms with E-state index >= 15 is 0 Å². The van der Waals surface area contributed by atoms with E-state index in [-0.39, 0.29) is 17.7 Å². The fourth-order valence-corrected chi connectivity index (χ4v) is 3.22. The maximum atomic E-state index is 12.5. The maximum Gasteiger partial charge on any atom is 0.229 e. The molecule has 3 rings (SSSR count). The topological polar surface area (TPSA) is 121 Å². The van der Waals surface area contributed by atoms with Gasteiger partial charge in [0.1, 0.15) is 11.6 Å². The van der Waals surface area contributed by atoms with Crippen LogP contribution in [0.4, 0.5) is 11.6 Å². The third kappa shape index (κ3) is 6.10. The number of carbonyl (C=O) groups is 2. The number of nitrogens with zero attached hydrogens (tertiary/aromatic N) is 3. The minimum Gasteiger partial charge on any atom is -0.367 e. The Hall–Kier alpha value is -2.78. The number of carbonyl (C=O) groups excluding carboxylic acids is 2. The standard InChI is InChI=1S/C19H24ClN7O2/c1-12(28)23-5-6-24-18-11-22-10-16(26-18)14-7-17(25-9-15(14)20)27-19(29)13-3-2-4-21-8-13/h7,9-11,13,21H,2-6,8H2,1H3,(H,23,28)(H,24,26)(H,25,27,29). The number of piperidine rings is 1. The van der Waals surface area contributed by atoms with Crippen molar-refractivity contribution in [1.82, 2.24) is 25.6 Å². The number of nitrogens with one attached hydrogen (secondary N) is 4. The summed E-state index contributed by atoms with van der Waals surface area (Å²) in [5, 5.41) is 12.3. The number of aromatic nitrogens is 3. The highest BCUT2D eigenvalue weighted by atomic mass is 35.5. The van der Waals surface area contributed by atoms with E-state index in [9.17, 15) is 9.59 Å². The van der Waals surface area contributed by atoms with Crippen LogP contribution in [0.5, 0.6) is 0 Å². The molecule has 29 heavy (non-hydrogen) atoms. The van der Waals surface area contributed by atoms with Crippen molar-refractivity contribution in [3.8, 4) is 11.3 Å². The van der Waals surface area contributed by atoms with Gasteiger partial charge in [-0.3, -0.25) is 14.6 Å². The molecule has 4 N–H and O–H groups in total. The van der Waals surface area contributed by atoms with Crippen LogP contribution in [-0.4, -0.2) is 52.9 Å². The molecule has 9 nitrogen and oxygen atoms in total. The van der Waals surface area contributed by atoms with Crippen molar-refractivity contribution in [2.75, 3.05) is 36.8 Å². The van der Waals surface area contributed by atoms with Crippen molar-refractivity contribution in [1.29, 1.82) is 0 Å². The van der Waals surface area contributed by atoms with Gasteiger partial charge in [-0.2, -0.15) is 0 Å². The molecule has 0 aliphatic carbocycles. The van der Waals surface area contributed by atoms with Gasteiger partial charge in [0.15, 0.2) is 0 Å². The van der Waals surface area contributed by atoms with Crippen molar-refractivity contribution in [2.45, 2.75) is 19.8 Å². The van der Waals surface area contributed by atoms with Crippen molar-refractivity contribution in [3.05, 3.63) is 29.7 Å². The zero-order valence-electron chi connectivity index (χ0n) is 16.2. The normalized spacial score (nSPS) is 16.1. The van der Waals surface area contributed by atoms with Crippen LogP contribution in [0.1, 0.15) is 19.8 Å². The van der Waals surface area contributed by atoms with Crippen LogP contribution in [0, 0.1) is 5.92 Å². The molecular weight excluding hydrogens is 394 g/mol. The van der Waals surface area contributed by atoms with Gasteiger partial charge in [0.05, 0.1) is 29.0 Å². The van der Waals surface area contributed by atoms with Gasteiger partial charge in [-0.15, -0.1) is 0 Å². The second-order valence-electron chi connectivity index (χ2n) is 6.78. The Morgan fingerprint density at radius 1 is 1.24 bits per heavy atom. The first-order valence-electron chi connectivity index (χ1n) is 9.51. The fraction of sp³-hybridized carbons (Fsp3) is 0.421. The number of hydrogen-bond acceptors (Lipinski definition) is 7. The predicted octanol–water partition coefficient (Wildman–Crippen LogP) is 1.68. The molecule has 1 atom stereocenters. The van der Waals surface area contributed by atoms with Crippen LogP contribution in [0.3, 0.4) is 0 Å². The number of pyridine rings is 1. The Kier molecular flexibility index (Phi) is 7.31. The molecule has 0 saturated carbocycles. The summed E-state index contributed by atoms with van der Waals surface area (Å²) in [6, 6.07) is 1.70. The minimum atomic E-state index is -0.0891. The predicted molar refractivity (Wildman–Crippen MR) is 112 cm³/mol. The fourth-order valence-electron chi connectivity index (χ4n) is 3.02. The summed E-state index contributed by atoms with van der Waals surface area (Å²) in [7, 11) is 0. The summed E-state index contributed by atoms with van der Waals surface area (Å²) in [4.78, 5) is 36.3. The molecule has 1 unspecified atom stereocenters. The van der Waals surface area contributed by atoms with Crippen molar-refractivity contribution in [2.24, 2.45) is 5.92 Å². The zero-order chi connectivity index (χ0) is 20.6. The van der Waals surface area contributed by atoms with E-state index < -0.39 is 0 Å². The summed E-state index contributed by atoms with van der Waals surface area (Å²) in [6.45, 7) is 4.07. The lowest BCUT2D eigenvalue weighted by Crippen LogP contribution is -2.37. The molecule has 0 radical (unpaired) electrons. The quantitative estimate of drug-likeness (QED) is 0.505. The molecule has 2 aromatic rings. The first-order valence-corrected chi connectivity index (χ1v) is 9.88. The van der Waals surface area contributed by atoms with Crippen molar-refractivity contribution in [3.63, 3.8) is 0 Å². The van der Waals surface area contributed by atoms with Gasteiger partial charge in [-0.05, 0) is 25.5 Å². The summed E-state index contributed by atoms with van der Waals surface area (Å²) in [5.74, 6) is 0.761. The van der Waals surface area contributed by atoms with Crippen LogP contribution < -0.4 is 21.3 Å². The highest BCUT2D eigenvalue weighted by Crippen LogP contribution is 2.28. The van der Waals surface area contributed by atoms with Crippen LogP contribution in [-0.2, 0) is 9.59 Å². The number of hydrogen-bond donors (Lipinski definition) is 4. The maximum absolute atomic E-state index is 12.5. The Balaban J connectivity index is 1.69. The number of halogens is 1. The van der Waals surface area contributed by atoms with Gasteiger partial charge >= 0.3 is 0 Å². The zero-order valence-corrected chi connectivity index (χ0v) is 16.9. The van der Waals surface area contributed by atoms with Crippen LogP contribution >= 0.6 is 11.6 Å². The van der Waals surface area contributed by atoms with Crippen LogP contribution in [0.15, 0.2) is 24.7 Å². The van der Waals surface area contributed by atoms with Gasteiger partial charge < -0.3 is 21.3 Å². The van der Waals surface area contributed by atoms with Gasteiger partial charge in [0.2, 0.25) is 11.8 Å².